The average Bonchev–Trinajstić information content (AvgIpc) is 2.65. The fourth-order valence-electron chi connectivity index (χ4n) is 2.53. The Kier molecular flexibility index (Phi) is 1.75. The van der Waals surface area contributed by atoms with Crippen LogP contribution in [0.1, 0.15) is 33.1 Å². The lowest BCUT2D eigenvalue weighted by Crippen LogP contribution is -2.32. The standard InChI is InChI=1S/C10H16O4/c1-9(2)12-7-6-10(4-3-5-11-10)14-8(7)13-9/h7-8H,3-6H2,1-2H3/t7-,8+,10-/m1/s1. The Bertz CT molecular complexity index is 227. The highest BCUT2D eigenvalue weighted by atomic mass is 16.9. The number of hydrogen-bond acceptors (Lipinski definition) is 4. The Morgan fingerprint density at radius 3 is 2.64 bits per heavy atom. The summed E-state index contributed by atoms with van der Waals surface area (Å²) in [5.74, 6) is -0.901. The third kappa shape index (κ3) is 1.29. The van der Waals surface area contributed by atoms with Crippen LogP contribution in [-0.2, 0) is 18.9 Å². The summed E-state index contributed by atoms with van der Waals surface area (Å²) in [7, 11) is 0. The van der Waals surface area contributed by atoms with Gasteiger partial charge in [-0.15, -0.1) is 0 Å². The van der Waals surface area contributed by atoms with Crippen molar-refractivity contribution >= 4 is 0 Å². The van der Waals surface area contributed by atoms with Gasteiger partial charge in [0.15, 0.2) is 17.9 Å². The third-order valence-corrected chi connectivity index (χ3v) is 3.05. The van der Waals surface area contributed by atoms with Crippen LogP contribution in [0.2, 0.25) is 0 Å². The van der Waals surface area contributed by atoms with E-state index in [1.807, 2.05) is 13.8 Å². The van der Waals surface area contributed by atoms with Crippen molar-refractivity contribution in [1.82, 2.24) is 0 Å². The van der Waals surface area contributed by atoms with Gasteiger partial charge in [-0.2, -0.15) is 0 Å². The van der Waals surface area contributed by atoms with Crippen molar-refractivity contribution in [3.63, 3.8) is 0 Å². The van der Waals surface area contributed by atoms with Gasteiger partial charge in [0.2, 0.25) is 0 Å². The van der Waals surface area contributed by atoms with Gasteiger partial charge in [0, 0.05) is 12.8 Å². The summed E-state index contributed by atoms with van der Waals surface area (Å²) in [6.07, 6.45) is 2.66. The smallest absolute Gasteiger partial charge is 0.190 e. The average molecular weight is 200 g/mol. The van der Waals surface area contributed by atoms with Crippen LogP contribution in [-0.4, -0.2) is 30.6 Å². The quantitative estimate of drug-likeness (QED) is 0.592. The molecule has 0 aromatic heterocycles. The van der Waals surface area contributed by atoms with Gasteiger partial charge in [-0.3, -0.25) is 0 Å². The minimum absolute atomic E-state index is 0.0445. The lowest BCUT2D eigenvalue weighted by Gasteiger charge is -2.26. The van der Waals surface area contributed by atoms with E-state index in [9.17, 15) is 0 Å². The van der Waals surface area contributed by atoms with E-state index >= 15 is 0 Å². The Hall–Kier alpha value is -0.160. The van der Waals surface area contributed by atoms with Gasteiger partial charge in [-0.05, 0) is 20.3 Å². The summed E-state index contributed by atoms with van der Waals surface area (Å²) in [6, 6.07) is 0. The lowest BCUT2D eigenvalue weighted by atomic mass is 10.1. The van der Waals surface area contributed by atoms with E-state index < -0.39 is 11.6 Å². The molecular formula is C10H16O4. The first-order valence-corrected chi connectivity index (χ1v) is 5.26. The largest absolute Gasteiger partial charge is 0.350 e. The second-order valence-electron chi connectivity index (χ2n) is 4.73. The van der Waals surface area contributed by atoms with E-state index in [1.165, 1.54) is 0 Å². The summed E-state index contributed by atoms with van der Waals surface area (Å²) >= 11 is 0. The van der Waals surface area contributed by atoms with Gasteiger partial charge < -0.3 is 18.9 Å². The molecule has 80 valence electrons. The second-order valence-corrected chi connectivity index (χ2v) is 4.73. The van der Waals surface area contributed by atoms with E-state index in [4.69, 9.17) is 18.9 Å². The molecule has 14 heavy (non-hydrogen) atoms. The van der Waals surface area contributed by atoms with E-state index in [0.29, 0.717) is 0 Å². The third-order valence-electron chi connectivity index (χ3n) is 3.05. The topological polar surface area (TPSA) is 36.9 Å². The van der Waals surface area contributed by atoms with Gasteiger partial charge in [0.05, 0.1) is 6.61 Å². The first-order chi connectivity index (χ1) is 6.59. The summed E-state index contributed by atoms with van der Waals surface area (Å²) in [5, 5.41) is 0. The molecule has 0 unspecified atom stereocenters. The zero-order chi connectivity index (χ0) is 9.81. The highest BCUT2D eigenvalue weighted by Gasteiger charge is 2.56. The molecule has 0 saturated carbocycles. The van der Waals surface area contributed by atoms with Gasteiger partial charge in [-0.25, -0.2) is 0 Å². The molecule has 0 bridgehead atoms. The van der Waals surface area contributed by atoms with Crippen LogP contribution >= 0.6 is 0 Å². The number of fused-ring (bicyclic) bond motifs is 1. The molecule has 3 rings (SSSR count). The number of ether oxygens (including phenoxy) is 4. The highest BCUT2D eigenvalue weighted by molar-refractivity contribution is 4.92. The van der Waals surface area contributed by atoms with E-state index in [1.54, 1.807) is 0 Å². The number of hydrogen-bond donors (Lipinski definition) is 0. The van der Waals surface area contributed by atoms with Crippen LogP contribution in [0.15, 0.2) is 0 Å². The van der Waals surface area contributed by atoms with Crippen molar-refractivity contribution in [3.8, 4) is 0 Å². The maximum Gasteiger partial charge on any atom is 0.190 e. The molecule has 0 radical (unpaired) electrons. The van der Waals surface area contributed by atoms with Crippen molar-refractivity contribution < 1.29 is 18.9 Å². The first-order valence-electron chi connectivity index (χ1n) is 5.26. The molecular weight excluding hydrogens is 184 g/mol. The predicted octanol–water partition coefficient (Wildman–Crippen LogP) is 1.39. The molecule has 3 atom stereocenters. The molecule has 4 nitrogen and oxygen atoms in total. The molecule has 4 heteroatoms. The van der Waals surface area contributed by atoms with E-state index in [2.05, 4.69) is 0 Å². The molecule has 0 N–H and O–H groups in total. The molecule has 0 aliphatic carbocycles. The Morgan fingerprint density at radius 2 is 2.00 bits per heavy atom. The van der Waals surface area contributed by atoms with Crippen LogP contribution in [0, 0.1) is 0 Å². The molecule has 0 aromatic rings. The molecule has 3 heterocycles. The summed E-state index contributed by atoms with van der Waals surface area (Å²) in [5.41, 5.74) is 0. The second kappa shape index (κ2) is 2.70. The monoisotopic (exact) mass is 200 g/mol. The van der Waals surface area contributed by atoms with Crippen LogP contribution in [0.3, 0.4) is 0 Å². The summed E-state index contributed by atoms with van der Waals surface area (Å²) < 4.78 is 22.8. The zero-order valence-corrected chi connectivity index (χ0v) is 8.62. The molecule has 1 spiro atoms. The zero-order valence-electron chi connectivity index (χ0n) is 8.62. The highest BCUT2D eigenvalue weighted by Crippen LogP contribution is 2.46. The van der Waals surface area contributed by atoms with Gasteiger partial charge in [0.1, 0.15) is 6.10 Å². The SMILES string of the molecule is CC1(C)O[C@H]2O[C@]3(CCCO3)C[C@H]2O1. The number of rotatable bonds is 0. The summed E-state index contributed by atoms with van der Waals surface area (Å²) in [4.78, 5) is 0. The van der Waals surface area contributed by atoms with Crippen molar-refractivity contribution in [2.24, 2.45) is 0 Å². The fraction of sp³-hybridized carbons (Fsp3) is 1.00. The van der Waals surface area contributed by atoms with Crippen LogP contribution < -0.4 is 0 Å². The molecule has 3 aliphatic rings. The molecule has 3 fully saturated rings. The predicted molar refractivity (Wildman–Crippen MR) is 47.4 cm³/mol. The van der Waals surface area contributed by atoms with Gasteiger partial charge in [-0.1, -0.05) is 0 Å². The van der Waals surface area contributed by atoms with Gasteiger partial charge >= 0.3 is 0 Å². The minimum Gasteiger partial charge on any atom is -0.350 e. The molecule has 0 aromatic carbocycles. The Morgan fingerprint density at radius 1 is 1.14 bits per heavy atom. The van der Waals surface area contributed by atoms with Crippen LogP contribution in [0.25, 0.3) is 0 Å². The van der Waals surface area contributed by atoms with Crippen LogP contribution in [0.5, 0.6) is 0 Å². The van der Waals surface area contributed by atoms with Crippen molar-refractivity contribution in [3.05, 3.63) is 0 Å². The van der Waals surface area contributed by atoms with E-state index in [-0.39, 0.29) is 12.4 Å². The maximum absolute atomic E-state index is 5.80. The normalized spacial score (nSPS) is 50.1. The van der Waals surface area contributed by atoms with Crippen molar-refractivity contribution in [1.29, 1.82) is 0 Å². The van der Waals surface area contributed by atoms with Gasteiger partial charge in [0.25, 0.3) is 0 Å². The first kappa shape index (κ1) is 9.09. The summed E-state index contributed by atoms with van der Waals surface area (Å²) in [6.45, 7) is 4.62. The minimum atomic E-state index is -0.504. The molecule has 0 amide bonds. The van der Waals surface area contributed by atoms with Crippen LogP contribution in [0.4, 0.5) is 0 Å². The molecule has 3 aliphatic heterocycles. The van der Waals surface area contributed by atoms with Crippen molar-refractivity contribution in [2.45, 2.75) is 57.1 Å². The fourth-order valence-corrected chi connectivity index (χ4v) is 2.53. The van der Waals surface area contributed by atoms with E-state index in [0.717, 1.165) is 25.9 Å². The maximum atomic E-state index is 5.80. The Labute approximate surface area is 83.5 Å². The molecule has 3 saturated heterocycles. The lowest BCUT2D eigenvalue weighted by molar-refractivity contribution is -0.280. The Balaban J connectivity index is 1.74. The van der Waals surface area contributed by atoms with Crippen molar-refractivity contribution in [2.75, 3.05) is 6.61 Å².